The van der Waals surface area contributed by atoms with Crippen molar-refractivity contribution in [2.45, 2.75) is 25.0 Å². The van der Waals surface area contributed by atoms with Crippen LogP contribution in [0.4, 0.5) is 0 Å². The Labute approximate surface area is 167 Å². The molecule has 1 N–H and O–H groups in total. The smallest absolute Gasteiger partial charge is 0.243 e. The summed E-state index contributed by atoms with van der Waals surface area (Å²) in [6, 6.07) is 0. The van der Waals surface area contributed by atoms with E-state index in [1.165, 1.54) is 0 Å². The molecule has 0 aromatic heterocycles. The SMILES string of the molecule is COCCNC(=NCC(=O)N(C)C)N1CCOC(C2CCCO2)C1.I. The van der Waals surface area contributed by atoms with E-state index in [-0.39, 0.29) is 48.6 Å². The molecule has 2 aliphatic rings. The van der Waals surface area contributed by atoms with Gasteiger partial charge in [-0.05, 0) is 12.8 Å². The number of hydrogen-bond acceptors (Lipinski definition) is 5. The third kappa shape index (κ3) is 7.24. The number of ether oxygens (including phenoxy) is 3. The molecule has 2 unspecified atom stereocenters. The molecule has 0 aromatic carbocycles. The van der Waals surface area contributed by atoms with Crippen molar-refractivity contribution in [1.29, 1.82) is 0 Å². The summed E-state index contributed by atoms with van der Waals surface area (Å²) < 4.78 is 16.7. The van der Waals surface area contributed by atoms with Gasteiger partial charge in [0.1, 0.15) is 12.6 Å². The Morgan fingerprint density at radius 1 is 1.32 bits per heavy atom. The van der Waals surface area contributed by atoms with Crippen molar-refractivity contribution in [3.63, 3.8) is 0 Å². The lowest BCUT2D eigenvalue weighted by Crippen LogP contribution is -2.53. The average molecular weight is 470 g/mol. The second-order valence-electron chi connectivity index (χ2n) is 6.25. The van der Waals surface area contributed by atoms with Gasteiger partial charge in [-0.1, -0.05) is 0 Å². The van der Waals surface area contributed by atoms with E-state index in [2.05, 4.69) is 15.2 Å². The third-order valence-corrected chi connectivity index (χ3v) is 4.22. The fourth-order valence-electron chi connectivity index (χ4n) is 2.81. The summed E-state index contributed by atoms with van der Waals surface area (Å²) in [7, 11) is 5.13. The number of methoxy groups -OCH3 is 1. The number of likely N-dealkylation sites (N-methyl/N-ethyl adjacent to an activating group) is 1. The van der Waals surface area contributed by atoms with Crippen LogP contribution >= 0.6 is 24.0 Å². The second-order valence-corrected chi connectivity index (χ2v) is 6.25. The van der Waals surface area contributed by atoms with E-state index in [0.29, 0.717) is 19.8 Å². The lowest BCUT2D eigenvalue weighted by Gasteiger charge is -2.37. The number of halogens is 1. The van der Waals surface area contributed by atoms with E-state index >= 15 is 0 Å². The highest BCUT2D eigenvalue weighted by Gasteiger charge is 2.32. The molecule has 0 bridgehead atoms. The van der Waals surface area contributed by atoms with Gasteiger partial charge in [0, 0.05) is 47.4 Å². The van der Waals surface area contributed by atoms with E-state index in [0.717, 1.165) is 38.5 Å². The zero-order valence-corrected chi connectivity index (χ0v) is 17.7. The van der Waals surface area contributed by atoms with E-state index in [1.807, 2.05) is 0 Å². The molecule has 0 radical (unpaired) electrons. The Morgan fingerprint density at radius 3 is 2.72 bits per heavy atom. The molecular formula is C16H31IN4O4. The maximum absolute atomic E-state index is 11.8. The molecule has 2 fully saturated rings. The van der Waals surface area contributed by atoms with Crippen molar-refractivity contribution < 1.29 is 19.0 Å². The lowest BCUT2D eigenvalue weighted by atomic mass is 10.1. The van der Waals surface area contributed by atoms with Crippen molar-refractivity contribution in [3.8, 4) is 0 Å². The third-order valence-electron chi connectivity index (χ3n) is 4.22. The minimum absolute atomic E-state index is 0. The fraction of sp³-hybridized carbons (Fsp3) is 0.875. The predicted octanol–water partition coefficient (Wildman–Crippen LogP) is 0.164. The summed E-state index contributed by atoms with van der Waals surface area (Å²) >= 11 is 0. The Bertz CT molecular complexity index is 430. The maximum atomic E-state index is 11.8. The molecule has 146 valence electrons. The summed E-state index contributed by atoms with van der Waals surface area (Å²) in [4.78, 5) is 20.0. The highest BCUT2D eigenvalue weighted by Crippen LogP contribution is 2.21. The van der Waals surface area contributed by atoms with E-state index in [9.17, 15) is 4.79 Å². The van der Waals surface area contributed by atoms with Gasteiger partial charge < -0.3 is 29.3 Å². The van der Waals surface area contributed by atoms with Crippen LogP contribution in [0.5, 0.6) is 0 Å². The summed E-state index contributed by atoms with van der Waals surface area (Å²) in [5.74, 6) is 0.707. The zero-order chi connectivity index (χ0) is 17.4. The maximum Gasteiger partial charge on any atom is 0.243 e. The number of morpholine rings is 1. The molecule has 8 nitrogen and oxygen atoms in total. The number of nitrogens with zero attached hydrogens (tertiary/aromatic N) is 3. The molecular weight excluding hydrogens is 439 g/mol. The van der Waals surface area contributed by atoms with Crippen LogP contribution in [0.2, 0.25) is 0 Å². The number of amides is 1. The lowest BCUT2D eigenvalue weighted by molar-refractivity contribution is -0.127. The first kappa shape index (κ1) is 22.4. The second kappa shape index (κ2) is 11.9. The molecule has 0 saturated carbocycles. The molecule has 0 spiro atoms. The molecule has 2 saturated heterocycles. The summed E-state index contributed by atoms with van der Waals surface area (Å²) in [5.41, 5.74) is 0. The van der Waals surface area contributed by atoms with Gasteiger partial charge in [-0.2, -0.15) is 0 Å². The highest BCUT2D eigenvalue weighted by molar-refractivity contribution is 14.0. The zero-order valence-electron chi connectivity index (χ0n) is 15.4. The van der Waals surface area contributed by atoms with Crippen LogP contribution in [0, 0.1) is 0 Å². The van der Waals surface area contributed by atoms with Crippen LogP contribution in [0.3, 0.4) is 0 Å². The molecule has 0 aromatic rings. The molecule has 25 heavy (non-hydrogen) atoms. The van der Waals surface area contributed by atoms with Gasteiger partial charge in [0.05, 0.1) is 19.3 Å². The number of carbonyl (C=O) groups excluding carboxylic acids is 1. The number of nitrogens with one attached hydrogen (secondary N) is 1. The monoisotopic (exact) mass is 470 g/mol. The molecule has 2 aliphatic heterocycles. The number of rotatable bonds is 6. The van der Waals surface area contributed by atoms with E-state index in [4.69, 9.17) is 14.2 Å². The molecule has 0 aliphatic carbocycles. The molecule has 2 rings (SSSR count). The van der Waals surface area contributed by atoms with Gasteiger partial charge in [0.2, 0.25) is 5.91 Å². The van der Waals surface area contributed by atoms with Crippen molar-refractivity contribution in [1.82, 2.24) is 15.1 Å². The standard InChI is InChI=1S/C16H30N4O4.HI/c1-19(2)15(21)11-18-16(17-6-9-22-3)20-7-10-24-14(12-20)13-5-4-8-23-13;/h13-14H,4-12H2,1-3H3,(H,17,18);1H. The molecule has 2 heterocycles. The Kier molecular flexibility index (Phi) is 10.6. The van der Waals surface area contributed by atoms with Gasteiger partial charge in [-0.15, -0.1) is 24.0 Å². The first-order valence-corrected chi connectivity index (χ1v) is 8.57. The van der Waals surface area contributed by atoms with Crippen LogP contribution in [-0.2, 0) is 19.0 Å². The van der Waals surface area contributed by atoms with Crippen LogP contribution in [0.1, 0.15) is 12.8 Å². The number of carbonyl (C=O) groups is 1. The summed E-state index contributed by atoms with van der Waals surface area (Å²) in [6.45, 7) is 4.28. The summed E-state index contributed by atoms with van der Waals surface area (Å²) in [6.07, 6.45) is 2.35. The highest BCUT2D eigenvalue weighted by atomic mass is 127. The van der Waals surface area contributed by atoms with Crippen LogP contribution in [-0.4, -0.2) is 101 Å². The minimum atomic E-state index is -0.0232. The quantitative estimate of drug-likeness (QED) is 0.258. The first-order valence-electron chi connectivity index (χ1n) is 8.57. The predicted molar refractivity (Wildman–Crippen MR) is 107 cm³/mol. The van der Waals surface area contributed by atoms with Crippen LogP contribution in [0.25, 0.3) is 0 Å². The van der Waals surface area contributed by atoms with Crippen LogP contribution < -0.4 is 5.32 Å². The van der Waals surface area contributed by atoms with Crippen molar-refractivity contribution in [2.75, 3.05) is 67.2 Å². The van der Waals surface area contributed by atoms with Gasteiger partial charge in [0.25, 0.3) is 0 Å². The Morgan fingerprint density at radius 2 is 2.08 bits per heavy atom. The minimum Gasteiger partial charge on any atom is -0.383 e. The summed E-state index contributed by atoms with van der Waals surface area (Å²) in [5, 5.41) is 3.28. The van der Waals surface area contributed by atoms with Crippen molar-refractivity contribution in [3.05, 3.63) is 0 Å². The van der Waals surface area contributed by atoms with Gasteiger partial charge >= 0.3 is 0 Å². The van der Waals surface area contributed by atoms with E-state index in [1.54, 1.807) is 26.1 Å². The van der Waals surface area contributed by atoms with Crippen molar-refractivity contribution in [2.24, 2.45) is 4.99 Å². The number of guanidine groups is 1. The molecule has 1 amide bonds. The molecule has 2 atom stereocenters. The van der Waals surface area contributed by atoms with Crippen LogP contribution in [0.15, 0.2) is 4.99 Å². The fourth-order valence-corrected chi connectivity index (χ4v) is 2.81. The van der Waals surface area contributed by atoms with Crippen molar-refractivity contribution >= 4 is 35.8 Å². The van der Waals surface area contributed by atoms with Gasteiger partial charge in [-0.3, -0.25) is 4.79 Å². The topological polar surface area (TPSA) is 75.6 Å². The van der Waals surface area contributed by atoms with Gasteiger partial charge in [0.15, 0.2) is 5.96 Å². The largest absolute Gasteiger partial charge is 0.383 e. The average Bonchev–Trinajstić information content (AvgIpc) is 3.12. The first-order chi connectivity index (χ1) is 11.6. The number of hydrogen-bond donors (Lipinski definition) is 1. The molecule has 9 heteroatoms. The Hall–Kier alpha value is -0.650. The van der Waals surface area contributed by atoms with E-state index < -0.39 is 0 Å². The number of aliphatic imine (C=N–C) groups is 1. The van der Waals surface area contributed by atoms with Gasteiger partial charge in [-0.25, -0.2) is 4.99 Å². The Balaban J connectivity index is 0.00000312. The normalized spacial score (nSPS) is 24.0.